The Labute approximate surface area is 109 Å². The molecule has 2 fully saturated rings. The van der Waals surface area contributed by atoms with Crippen LogP contribution in [0.5, 0.6) is 0 Å². The number of rotatable bonds is 2. The Morgan fingerprint density at radius 3 is 1.33 bits per heavy atom. The third kappa shape index (κ3) is 2.11. The van der Waals surface area contributed by atoms with E-state index in [1.54, 1.807) is 5.01 Å². The summed E-state index contributed by atoms with van der Waals surface area (Å²) >= 11 is 0. The lowest BCUT2D eigenvalue weighted by Crippen LogP contribution is -2.64. The first kappa shape index (κ1) is 13.3. The van der Waals surface area contributed by atoms with Gasteiger partial charge in [-0.15, -0.1) is 0 Å². The smallest absolute Gasteiger partial charge is 0.123 e. The maximum absolute atomic E-state index is 9.57. The third-order valence-electron chi connectivity index (χ3n) is 4.70. The number of hydrogen-bond donors (Lipinski definition) is 1. The monoisotopic (exact) mass is 246 g/mol. The van der Waals surface area contributed by atoms with Gasteiger partial charge in [0.15, 0.2) is 0 Å². The van der Waals surface area contributed by atoms with E-state index >= 15 is 0 Å². The van der Waals surface area contributed by atoms with Crippen molar-refractivity contribution in [1.82, 2.24) is 5.01 Å². The first-order chi connectivity index (χ1) is 8.69. The third-order valence-corrected chi connectivity index (χ3v) is 4.70. The van der Waals surface area contributed by atoms with Crippen molar-refractivity contribution in [2.45, 2.75) is 75.3 Å². The Balaban J connectivity index is 2.24. The zero-order chi connectivity index (χ0) is 13.1. The van der Waals surface area contributed by atoms with Crippen LogP contribution in [-0.2, 0) is 0 Å². The highest BCUT2D eigenvalue weighted by atomic mass is 15.5. The van der Waals surface area contributed by atoms with Crippen LogP contribution in [0.15, 0.2) is 0 Å². The lowest BCUT2D eigenvalue weighted by atomic mass is 9.75. The molecule has 0 atom stereocenters. The van der Waals surface area contributed by atoms with Gasteiger partial charge in [0.1, 0.15) is 11.1 Å². The maximum atomic E-state index is 9.57. The molecule has 4 nitrogen and oxygen atoms in total. The highest BCUT2D eigenvalue weighted by Gasteiger charge is 2.48. The van der Waals surface area contributed by atoms with E-state index in [2.05, 4.69) is 12.1 Å². The molecule has 2 saturated carbocycles. The van der Waals surface area contributed by atoms with E-state index in [1.807, 2.05) is 0 Å². The molecule has 18 heavy (non-hydrogen) atoms. The van der Waals surface area contributed by atoms with Crippen LogP contribution in [0.1, 0.15) is 64.2 Å². The zero-order valence-electron chi connectivity index (χ0n) is 11.0. The van der Waals surface area contributed by atoms with E-state index in [4.69, 9.17) is 5.84 Å². The molecule has 2 N–H and O–H groups in total. The number of hydrazine groups is 1. The van der Waals surface area contributed by atoms with Crippen molar-refractivity contribution < 1.29 is 0 Å². The van der Waals surface area contributed by atoms with Gasteiger partial charge in [-0.25, -0.2) is 5.01 Å². The Hall–Kier alpha value is -1.10. The van der Waals surface area contributed by atoms with Gasteiger partial charge in [0, 0.05) is 0 Å². The van der Waals surface area contributed by atoms with Gasteiger partial charge in [-0.3, -0.25) is 5.84 Å². The van der Waals surface area contributed by atoms with E-state index < -0.39 is 11.1 Å². The summed E-state index contributed by atoms with van der Waals surface area (Å²) in [6.07, 6.45) is 9.77. The standard InChI is InChI=1S/C14H22N4/c15-11-13(7-3-1-4-8-13)18(17)14(12-16)9-5-2-6-10-14/h1-10,17H2. The molecule has 98 valence electrons. The number of nitrogens with zero attached hydrogens (tertiary/aromatic N) is 3. The predicted octanol–water partition coefficient (Wildman–Crippen LogP) is 2.62. The van der Waals surface area contributed by atoms with Gasteiger partial charge in [-0.2, -0.15) is 10.5 Å². The van der Waals surface area contributed by atoms with Gasteiger partial charge >= 0.3 is 0 Å². The molecule has 2 rings (SSSR count). The minimum Gasteiger partial charge on any atom is -0.266 e. The van der Waals surface area contributed by atoms with Gasteiger partial charge < -0.3 is 0 Å². The van der Waals surface area contributed by atoms with Crippen molar-refractivity contribution in [3.8, 4) is 12.1 Å². The highest BCUT2D eigenvalue weighted by Crippen LogP contribution is 2.40. The summed E-state index contributed by atoms with van der Waals surface area (Å²) in [4.78, 5) is 0. The predicted molar refractivity (Wildman–Crippen MR) is 68.9 cm³/mol. The summed E-state index contributed by atoms with van der Waals surface area (Å²) in [6.45, 7) is 0. The summed E-state index contributed by atoms with van der Waals surface area (Å²) < 4.78 is 0. The van der Waals surface area contributed by atoms with Crippen LogP contribution in [0.2, 0.25) is 0 Å². The van der Waals surface area contributed by atoms with Crippen LogP contribution < -0.4 is 5.84 Å². The molecule has 0 amide bonds. The summed E-state index contributed by atoms with van der Waals surface area (Å²) in [7, 11) is 0. The summed E-state index contributed by atoms with van der Waals surface area (Å²) in [5.74, 6) is 6.30. The minimum atomic E-state index is -0.606. The fraction of sp³-hybridized carbons (Fsp3) is 0.857. The number of hydrogen-bond acceptors (Lipinski definition) is 4. The van der Waals surface area contributed by atoms with E-state index in [9.17, 15) is 10.5 Å². The molecule has 0 aromatic carbocycles. The molecule has 2 aliphatic rings. The average Bonchev–Trinajstić information content (AvgIpc) is 2.48. The fourth-order valence-electron chi connectivity index (χ4n) is 3.50. The Morgan fingerprint density at radius 2 is 1.06 bits per heavy atom. The summed E-state index contributed by atoms with van der Waals surface area (Å²) in [5, 5.41) is 20.8. The molecular formula is C14H22N4. The molecule has 0 unspecified atom stereocenters. The van der Waals surface area contributed by atoms with Crippen molar-refractivity contribution in [3.05, 3.63) is 0 Å². The van der Waals surface area contributed by atoms with Gasteiger partial charge in [-0.05, 0) is 25.7 Å². The minimum absolute atomic E-state index is 0.606. The molecular weight excluding hydrogens is 224 g/mol. The first-order valence-electron chi connectivity index (χ1n) is 7.07. The fourth-order valence-corrected chi connectivity index (χ4v) is 3.50. The van der Waals surface area contributed by atoms with Crippen molar-refractivity contribution in [2.75, 3.05) is 0 Å². The van der Waals surface area contributed by atoms with Crippen molar-refractivity contribution in [1.29, 1.82) is 10.5 Å². The first-order valence-corrected chi connectivity index (χ1v) is 7.07. The molecule has 0 aromatic rings. The Bertz CT molecular complexity index is 328. The number of nitrogens with two attached hydrogens (primary N) is 1. The summed E-state index contributed by atoms with van der Waals surface area (Å²) in [5.41, 5.74) is -1.21. The van der Waals surface area contributed by atoms with Crippen LogP contribution in [0, 0.1) is 22.7 Å². The molecule has 0 saturated heterocycles. The SMILES string of the molecule is N#CC1(N(N)C2(C#N)CCCCC2)CCCCC1. The number of nitriles is 2. The van der Waals surface area contributed by atoms with Crippen LogP contribution in [0.4, 0.5) is 0 Å². The van der Waals surface area contributed by atoms with E-state index in [-0.39, 0.29) is 0 Å². The average molecular weight is 246 g/mol. The van der Waals surface area contributed by atoms with Crippen molar-refractivity contribution in [2.24, 2.45) is 5.84 Å². The normalized spacial score (nSPS) is 26.2. The van der Waals surface area contributed by atoms with Crippen LogP contribution in [0.3, 0.4) is 0 Å². The van der Waals surface area contributed by atoms with Crippen molar-refractivity contribution >= 4 is 0 Å². The van der Waals surface area contributed by atoms with E-state index in [1.165, 1.54) is 12.8 Å². The van der Waals surface area contributed by atoms with Gasteiger partial charge in [0.2, 0.25) is 0 Å². The lowest BCUT2D eigenvalue weighted by molar-refractivity contribution is -0.00348. The lowest BCUT2D eigenvalue weighted by Gasteiger charge is -2.48. The highest BCUT2D eigenvalue weighted by molar-refractivity contribution is 5.18. The topological polar surface area (TPSA) is 76.8 Å². The van der Waals surface area contributed by atoms with Crippen molar-refractivity contribution in [3.63, 3.8) is 0 Å². The maximum Gasteiger partial charge on any atom is 0.123 e. The second kappa shape index (κ2) is 5.26. The van der Waals surface area contributed by atoms with Crippen LogP contribution in [0.25, 0.3) is 0 Å². The van der Waals surface area contributed by atoms with Crippen LogP contribution >= 0.6 is 0 Å². The van der Waals surface area contributed by atoms with Crippen LogP contribution in [-0.4, -0.2) is 16.1 Å². The van der Waals surface area contributed by atoms with Gasteiger partial charge in [0.25, 0.3) is 0 Å². The van der Waals surface area contributed by atoms with Gasteiger partial charge in [-0.1, -0.05) is 38.5 Å². The Kier molecular flexibility index (Phi) is 3.90. The van der Waals surface area contributed by atoms with E-state index in [0.29, 0.717) is 0 Å². The second-order valence-corrected chi connectivity index (χ2v) is 5.78. The molecule has 0 radical (unpaired) electrons. The molecule has 0 aromatic heterocycles. The quantitative estimate of drug-likeness (QED) is 0.600. The second-order valence-electron chi connectivity index (χ2n) is 5.78. The molecule has 0 bridgehead atoms. The molecule has 2 aliphatic carbocycles. The summed E-state index contributed by atoms with van der Waals surface area (Å²) in [6, 6.07) is 4.85. The molecule has 4 heteroatoms. The molecule has 0 spiro atoms. The zero-order valence-corrected chi connectivity index (χ0v) is 11.0. The molecule has 0 aliphatic heterocycles. The Morgan fingerprint density at radius 1 is 0.722 bits per heavy atom. The largest absolute Gasteiger partial charge is 0.266 e. The van der Waals surface area contributed by atoms with Gasteiger partial charge in [0.05, 0.1) is 12.1 Å². The van der Waals surface area contributed by atoms with E-state index in [0.717, 1.165) is 51.4 Å². The molecule has 0 heterocycles.